The Morgan fingerprint density at radius 2 is 1.97 bits per heavy atom. The summed E-state index contributed by atoms with van der Waals surface area (Å²) in [5.41, 5.74) is 1.05. The molecule has 158 valence electrons. The van der Waals surface area contributed by atoms with Gasteiger partial charge in [0.15, 0.2) is 0 Å². The number of halogens is 1. The van der Waals surface area contributed by atoms with Crippen molar-refractivity contribution in [1.29, 1.82) is 0 Å². The largest absolute Gasteiger partial charge is 0.344 e. The third kappa shape index (κ3) is 5.26. The van der Waals surface area contributed by atoms with E-state index in [1.807, 2.05) is 6.07 Å². The van der Waals surface area contributed by atoms with Gasteiger partial charge in [-0.15, -0.1) is 11.8 Å². The Balaban J connectivity index is 1.82. The molecule has 2 aromatic carbocycles. The molecule has 0 bridgehead atoms. The highest BCUT2D eigenvalue weighted by Gasteiger charge is 2.22. The third-order valence-electron chi connectivity index (χ3n) is 4.38. The van der Waals surface area contributed by atoms with Crippen LogP contribution in [0.3, 0.4) is 0 Å². The minimum atomic E-state index is -3.80. The van der Waals surface area contributed by atoms with E-state index in [0.717, 1.165) is 5.56 Å². The van der Waals surface area contributed by atoms with Crippen LogP contribution in [0.25, 0.3) is 0 Å². The number of nitrogens with one attached hydrogen (secondary N) is 2. The molecule has 1 atom stereocenters. The van der Waals surface area contributed by atoms with Crippen molar-refractivity contribution in [2.45, 2.75) is 15.8 Å². The number of aryl methyl sites for hydroxylation is 1. The number of benzene rings is 2. The Hall–Kier alpha value is -2.69. The predicted molar refractivity (Wildman–Crippen MR) is 113 cm³/mol. The van der Waals surface area contributed by atoms with Crippen molar-refractivity contribution in [3.8, 4) is 0 Å². The van der Waals surface area contributed by atoms with Crippen LogP contribution < -0.4 is 10.0 Å². The first kappa shape index (κ1) is 22.0. The summed E-state index contributed by atoms with van der Waals surface area (Å²) in [4.78, 5) is 13.4. The van der Waals surface area contributed by atoms with E-state index in [9.17, 15) is 17.6 Å². The smallest absolute Gasteiger partial charge is 0.252 e. The standard InChI is InChI=1S/C20H21FN4O3S2/c1-25-13-16(11-22-25)30(27,28)23-12-18(14-6-4-3-5-7-14)24-20(26)17-9-8-15(21)10-19(17)29-2/h3-11,13,18,23H,12H2,1-2H3,(H,24,26). The van der Waals surface area contributed by atoms with E-state index in [2.05, 4.69) is 15.1 Å². The molecule has 10 heteroatoms. The molecule has 0 aliphatic carbocycles. The molecule has 2 N–H and O–H groups in total. The van der Waals surface area contributed by atoms with E-state index in [1.54, 1.807) is 37.6 Å². The van der Waals surface area contributed by atoms with Crippen LogP contribution in [0.15, 0.2) is 70.7 Å². The maximum Gasteiger partial charge on any atom is 0.252 e. The maximum atomic E-state index is 13.5. The van der Waals surface area contributed by atoms with E-state index in [4.69, 9.17) is 0 Å². The van der Waals surface area contributed by atoms with Gasteiger partial charge in [-0.25, -0.2) is 17.5 Å². The van der Waals surface area contributed by atoms with Crippen LogP contribution in [0, 0.1) is 5.82 Å². The van der Waals surface area contributed by atoms with Gasteiger partial charge in [-0.05, 0) is 30.0 Å². The number of amides is 1. The topological polar surface area (TPSA) is 93.1 Å². The number of carbonyl (C=O) groups excluding carboxylic acids is 1. The van der Waals surface area contributed by atoms with Gasteiger partial charge in [0.2, 0.25) is 10.0 Å². The minimum absolute atomic E-state index is 0.0337. The van der Waals surface area contributed by atoms with Crippen LogP contribution in [0.1, 0.15) is 22.0 Å². The maximum absolute atomic E-state index is 13.5. The first-order chi connectivity index (χ1) is 14.3. The van der Waals surface area contributed by atoms with Crippen LogP contribution in [0.4, 0.5) is 4.39 Å². The van der Waals surface area contributed by atoms with Crippen molar-refractivity contribution in [2.24, 2.45) is 7.05 Å². The van der Waals surface area contributed by atoms with Gasteiger partial charge in [-0.3, -0.25) is 9.48 Å². The fourth-order valence-electron chi connectivity index (χ4n) is 2.84. The molecule has 0 aliphatic heterocycles. The number of thioether (sulfide) groups is 1. The zero-order valence-corrected chi connectivity index (χ0v) is 18.0. The van der Waals surface area contributed by atoms with Gasteiger partial charge in [0.1, 0.15) is 10.7 Å². The lowest BCUT2D eigenvalue weighted by atomic mass is 10.1. The van der Waals surface area contributed by atoms with E-state index >= 15 is 0 Å². The molecule has 1 unspecified atom stereocenters. The average Bonchev–Trinajstić information content (AvgIpc) is 3.18. The molecule has 0 saturated heterocycles. The Morgan fingerprint density at radius 1 is 1.23 bits per heavy atom. The first-order valence-electron chi connectivity index (χ1n) is 8.98. The van der Waals surface area contributed by atoms with Gasteiger partial charge in [0.05, 0.1) is 17.8 Å². The monoisotopic (exact) mass is 448 g/mol. The fraction of sp³-hybridized carbons (Fsp3) is 0.200. The van der Waals surface area contributed by atoms with Crippen molar-refractivity contribution in [3.05, 3.63) is 77.9 Å². The van der Waals surface area contributed by atoms with Crippen LogP contribution in [-0.4, -0.2) is 36.9 Å². The normalized spacial score (nSPS) is 12.5. The predicted octanol–water partition coefficient (Wildman–Crippen LogP) is 2.73. The van der Waals surface area contributed by atoms with Crippen LogP contribution >= 0.6 is 11.8 Å². The molecule has 0 spiro atoms. The summed E-state index contributed by atoms with van der Waals surface area (Å²) in [6.45, 7) is -0.0667. The van der Waals surface area contributed by atoms with Gasteiger partial charge >= 0.3 is 0 Å². The summed E-state index contributed by atoms with van der Waals surface area (Å²) in [6, 6.07) is 12.3. The van der Waals surface area contributed by atoms with E-state index in [1.165, 1.54) is 47.0 Å². The molecule has 0 radical (unpaired) electrons. The summed E-state index contributed by atoms with van der Waals surface area (Å²) >= 11 is 1.26. The Kier molecular flexibility index (Phi) is 6.91. The molecule has 1 aromatic heterocycles. The zero-order valence-electron chi connectivity index (χ0n) is 16.4. The molecule has 0 aliphatic rings. The molecule has 3 rings (SSSR count). The number of sulfonamides is 1. The Bertz CT molecular complexity index is 1130. The van der Waals surface area contributed by atoms with Crippen LogP contribution in [0.2, 0.25) is 0 Å². The van der Waals surface area contributed by atoms with Gasteiger partial charge in [-0.2, -0.15) is 5.10 Å². The Labute approximate surface area is 178 Å². The molecule has 7 nitrogen and oxygen atoms in total. The summed E-state index contributed by atoms with van der Waals surface area (Å²) < 4.78 is 42.5. The lowest BCUT2D eigenvalue weighted by Gasteiger charge is -2.20. The minimum Gasteiger partial charge on any atom is -0.344 e. The second-order valence-corrected chi connectivity index (χ2v) is 9.10. The number of hydrogen-bond acceptors (Lipinski definition) is 5. The molecule has 0 saturated carbocycles. The zero-order chi connectivity index (χ0) is 21.7. The van der Waals surface area contributed by atoms with Crippen molar-refractivity contribution in [1.82, 2.24) is 19.8 Å². The number of aromatic nitrogens is 2. The average molecular weight is 449 g/mol. The fourth-order valence-corrected chi connectivity index (χ4v) is 4.48. The molecular formula is C20H21FN4O3S2. The number of hydrogen-bond donors (Lipinski definition) is 2. The molecule has 30 heavy (non-hydrogen) atoms. The highest BCUT2D eigenvalue weighted by Crippen LogP contribution is 2.23. The van der Waals surface area contributed by atoms with E-state index < -0.39 is 27.8 Å². The number of nitrogens with zero attached hydrogens (tertiary/aromatic N) is 2. The number of carbonyl (C=O) groups is 1. The summed E-state index contributed by atoms with van der Waals surface area (Å²) in [5.74, 6) is -0.853. The van der Waals surface area contributed by atoms with Gasteiger partial charge < -0.3 is 5.32 Å². The van der Waals surface area contributed by atoms with Gasteiger partial charge in [0, 0.05) is 24.7 Å². The second kappa shape index (κ2) is 9.41. The number of rotatable bonds is 8. The first-order valence-corrected chi connectivity index (χ1v) is 11.7. The lowest BCUT2D eigenvalue weighted by molar-refractivity contribution is 0.0934. The Morgan fingerprint density at radius 3 is 2.60 bits per heavy atom. The van der Waals surface area contributed by atoms with Crippen molar-refractivity contribution < 1.29 is 17.6 Å². The highest BCUT2D eigenvalue weighted by atomic mass is 32.2. The van der Waals surface area contributed by atoms with Crippen LogP contribution in [-0.2, 0) is 17.1 Å². The highest BCUT2D eigenvalue weighted by molar-refractivity contribution is 7.98. The summed E-state index contributed by atoms with van der Waals surface area (Å²) in [6.07, 6.45) is 4.39. The molecule has 1 heterocycles. The summed E-state index contributed by atoms with van der Waals surface area (Å²) in [5, 5.41) is 6.73. The van der Waals surface area contributed by atoms with E-state index in [0.29, 0.717) is 10.5 Å². The summed E-state index contributed by atoms with van der Waals surface area (Å²) in [7, 11) is -2.18. The molecular weight excluding hydrogens is 427 g/mol. The molecule has 3 aromatic rings. The molecule has 0 fully saturated rings. The van der Waals surface area contributed by atoms with Crippen molar-refractivity contribution >= 4 is 27.7 Å². The lowest BCUT2D eigenvalue weighted by Crippen LogP contribution is -2.38. The van der Waals surface area contributed by atoms with Gasteiger partial charge in [-0.1, -0.05) is 30.3 Å². The quantitative estimate of drug-likeness (QED) is 0.517. The second-order valence-electron chi connectivity index (χ2n) is 6.48. The van der Waals surface area contributed by atoms with Gasteiger partial charge in [0.25, 0.3) is 5.91 Å². The van der Waals surface area contributed by atoms with E-state index in [-0.39, 0.29) is 11.4 Å². The molecule has 1 amide bonds. The SMILES string of the molecule is CSc1cc(F)ccc1C(=O)NC(CNS(=O)(=O)c1cnn(C)c1)c1ccccc1. The van der Waals surface area contributed by atoms with Crippen molar-refractivity contribution in [3.63, 3.8) is 0 Å². The third-order valence-corrected chi connectivity index (χ3v) is 6.54. The van der Waals surface area contributed by atoms with Crippen LogP contribution in [0.5, 0.6) is 0 Å². The van der Waals surface area contributed by atoms with Crippen molar-refractivity contribution in [2.75, 3.05) is 12.8 Å².